The van der Waals surface area contributed by atoms with E-state index in [2.05, 4.69) is 5.10 Å². The fourth-order valence-corrected chi connectivity index (χ4v) is 1.81. The van der Waals surface area contributed by atoms with Crippen LogP contribution in [0.4, 0.5) is 10.1 Å². The van der Waals surface area contributed by atoms with E-state index in [-0.39, 0.29) is 5.69 Å². The third-order valence-electron chi connectivity index (χ3n) is 2.69. The summed E-state index contributed by atoms with van der Waals surface area (Å²) in [7, 11) is 0. The number of aryl methyl sites for hydroxylation is 1. The van der Waals surface area contributed by atoms with Crippen LogP contribution in [0.3, 0.4) is 0 Å². The molecule has 1 heterocycles. The molecule has 0 saturated carbocycles. The molecule has 2 rings (SSSR count). The smallest absolute Gasteiger partial charge is 0.146 e. The molecule has 0 saturated heterocycles. The lowest BCUT2D eigenvalue weighted by atomic mass is 10.2. The Morgan fingerprint density at radius 1 is 1.41 bits per heavy atom. The lowest BCUT2D eigenvalue weighted by molar-refractivity contribution is 0.619. The summed E-state index contributed by atoms with van der Waals surface area (Å²) in [5.74, 6) is -0.407. The van der Waals surface area contributed by atoms with Gasteiger partial charge in [-0.3, -0.25) is 4.68 Å². The Kier molecular flexibility index (Phi) is 3.07. The molecule has 0 spiro atoms. The molecule has 0 bridgehead atoms. The highest BCUT2D eigenvalue weighted by molar-refractivity contribution is 6.31. The van der Waals surface area contributed by atoms with Crippen LogP contribution in [0, 0.1) is 19.7 Å². The van der Waals surface area contributed by atoms with Crippen molar-refractivity contribution < 1.29 is 4.39 Å². The number of aromatic nitrogens is 2. The lowest BCUT2D eigenvalue weighted by Crippen LogP contribution is -2.04. The highest BCUT2D eigenvalue weighted by Gasteiger charge is 2.09. The first-order valence-corrected chi connectivity index (χ1v) is 5.60. The minimum atomic E-state index is -0.407. The van der Waals surface area contributed by atoms with Crippen LogP contribution < -0.4 is 5.73 Å². The number of nitrogens with zero attached hydrogens (tertiary/aromatic N) is 2. The first-order chi connectivity index (χ1) is 7.99. The largest absolute Gasteiger partial charge is 0.396 e. The molecule has 3 nitrogen and oxygen atoms in total. The van der Waals surface area contributed by atoms with Crippen molar-refractivity contribution in [3.63, 3.8) is 0 Å². The second-order valence-corrected chi connectivity index (χ2v) is 4.38. The molecule has 0 aliphatic carbocycles. The molecule has 5 heteroatoms. The summed E-state index contributed by atoms with van der Waals surface area (Å²) in [4.78, 5) is 0. The van der Waals surface area contributed by atoms with Gasteiger partial charge in [-0.05, 0) is 31.5 Å². The molecule has 0 fully saturated rings. The van der Waals surface area contributed by atoms with Crippen molar-refractivity contribution in [2.75, 3.05) is 5.73 Å². The van der Waals surface area contributed by atoms with Gasteiger partial charge in [-0.2, -0.15) is 5.10 Å². The quantitative estimate of drug-likeness (QED) is 0.837. The fourth-order valence-electron chi connectivity index (χ4n) is 1.67. The van der Waals surface area contributed by atoms with E-state index in [0.717, 1.165) is 17.0 Å². The molecule has 0 aliphatic rings. The first kappa shape index (κ1) is 11.9. The van der Waals surface area contributed by atoms with Crippen LogP contribution in [0.5, 0.6) is 0 Å². The van der Waals surface area contributed by atoms with Crippen molar-refractivity contribution in [1.82, 2.24) is 9.78 Å². The predicted molar refractivity (Wildman–Crippen MR) is 66.6 cm³/mol. The van der Waals surface area contributed by atoms with Crippen LogP contribution in [-0.4, -0.2) is 9.78 Å². The van der Waals surface area contributed by atoms with Gasteiger partial charge in [0, 0.05) is 0 Å². The molecule has 0 unspecified atom stereocenters. The molecule has 0 atom stereocenters. The highest BCUT2D eigenvalue weighted by atomic mass is 35.5. The summed E-state index contributed by atoms with van der Waals surface area (Å²) < 4.78 is 15.0. The number of nitrogens with two attached hydrogens (primary N) is 1. The average molecular weight is 254 g/mol. The van der Waals surface area contributed by atoms with Gasteiger partial charge in [0.05, 0.1) is 28.6 Å². The van der Waals surface area contributed by atoms with Gasteiger partial charge in [-0.1, -0.05) is 17.7 Å². The van der Waals surface area contributed by atoms with E-state index >= 15 is 0 Å². The number of anilines is 1. The van der Waals surface area contributed by atoms with Crippen molar-refractivity contribution in [1.29, 1.82) is 0 Å². The minimum absolute atomic E-state index is 0.153. The minimum Gasteiger partial charge on any atom is -0.396 e. The number of rotatable bonds is 2. The molecule has 1 aromatic carbocycles. The molecular formula is C12H13ClFN3. The molecule has 17 heavy (non-hydrogen) atoms. The molecule has 0 radical (unpaired) electrons. The number of halogens is 2. The number of nitrogen functional groups attached to an aromatic ring is 1. The second kappa shape index (κ2) is 4.37. The molecular weight excluding hydrogens is 241 g/mol. The van der Waals surface area contributed by atoms with E-state index in [1.807, 2.05) is 13.8 Å². The fraction of sp³-hybridized carbons (Fsp3) is 0.250. The Morgan fingerprint density at radius 2 is 2.12 bits per heavy atom. The van der Waals surface area contributed by atoms with Crippen molar-refractivity contribution in [3.8, 4) is 0 Å². The van der Waals surface area contributed by atoms with Gasteiger partial charge < -0.3 is 5.73 Å². The zero-order chi connectivity index (χ0) is 12.6. The van der Waals surface area contributed by atoms with Crippen molar-refractivity contribution in [2.24, 2.45) is 0 Å². The molecule has 0 amide bonds. The van der Waals surface area contributed by atoms with Crippen LogP contribution in [0.15, 0.2) is 18.2 Å². The maximum absolute atomic E-state index is 13.3. The summed E-state index contributed by atoms with van der Waals surface area (Å²) in [5, 5.41) is 4.94. The van der Waals surface area contributed by atoms with Gasteiger partial charge in [0.2, 0.25) is 0 Å². The van der Waals surface area contributed by atoms with Crippen molar-refractivity contribution >= 4 is 17.3 Å². The Labute approximate surface area is 104 Å². The summed E-state index contributed by atoms with van der Waals surface area (Å²) in [6, 6.07) is 4.75. The number of benzene rings is 1. The number of hydrogen-bond acceptors (Lipinski definition) is 2. The topological polar surface area (TPSA) is 43.8 Å². The Bertz CT molecular complexity index is 563. The van der Waals surface area contributed by atoms with E-state index in [0.29, 0.717) is 11.6 Å². The van der Waals surface area contributed by atoms with Crippen LogP contribution >= 0.6 is 11.6 Å². The number of hydrogen-bond donors (Lipinski definition) is 1. The average Bonchev–Trinajstić information content (AvgIpc) is 2.52. The predicted octanol–water partition coefficient (Wildman–Crippen LogP) is 2.92. The van der Waals surface area contributed by atoms with Gasteiger partial charge >= 0.3 is 0 Å². The molecule has 2 aromatic rings. The second-order valence-electron chi connectivity index (χ2n) is 4.00. The van der Waals surface area contributed by atoms with Crippen LogP contribution in [-0.2, 0) is 6.54 Å². The molecule has 0 aliphatic heterocycles. The van der Waals surface area contributed by atoms with Gasteiger partial charge in [-0.15, -0.1) is 0 Å². The van der Waals surface area contributed by atoms with Crippen LogP contribution in [0.25, 0.3) is 0 Å². The maximum Gasteiger partial charge on any atom is 0.146 e. The molecule has 2 N–H and O–H groups in total. The highest BCUT2D eigenvalue weighted by Crippen LogP contribution is 2.20. The lowest BCUT2D eigenvalue weighted by Gasteiger charge is -2.05. The van der Waals surface area contributed by atoms with E-state index < -0.39 is 5.82 Å². The van der Waals surface area contributed by atoms with E-state index in [1.165, 1.54) is 6.07 Å². The zero-order valence-corrected chi connectivity index (χ0v) is 10.4. The van der Waals surface area contributed by atoms with E-state index in [4.69, 9.17) is 17.3 Å². The van der Waals surface area contributed by atoms with Crippen LogP contribution in [0.2, 0.25) is 5.02 Å². The molecule has 90 valence electrons. The van der Waals surface area contributed by atoms with E-state index in [9.17, 15) is 4.39 Å². The third kappa shape index (κ3) is 2.26. The zero-order valence-electron chi connectivity index (χ0n) is 9.67. The Morgan fingerprint density at radius 3 is 2.65 bits per heavy atom. The Balaban J connectivity index is 2.31. The summed E-state index contributed by atoms with van der Waals surface area (Å²) in [6.45, 7) is 4.21. The third-order valence-corrected chi connectivity index (χ3v) is 3.24. The monoisotopic (exact) mass is 253 g/mol. The summed E-state index contributed by atoms with van der Waals surface area (Å²) in [6.07, 6.45) is 0. The van der Waals surface area contributed by atoms with Gasteiger partial charge in [-0.25, -0.2) is 4.39 Å². The van der Waals surface area contributed by atoms with Crippen LogP contribution in [0.1, 0.15) is 17.0 Å². The first-order valence-electron chi connectivity index (χ1n) is 5.22. The normalized spacial score (nSPS) is 10.8. The maximum atomic E-state index is 13.3. The SMILES string of the molecule is Cc1nn(Cc2ccc(N)c(F)c2)c(C)c1Cl. The summed E-state index contributed by atoms with van der Waals surface area (Å²) >= 11 is 6.04. The van der Waals surface area contributed by atoms with Gasteiger partial charge in [0.1, 0.15) is 5.82 Å². The van der Waals surface area contributed by atoms with Gasteiger partial charge in [0.15, 0.2) is 0 Å². The van der Waals surface area contributed by atoms with Crippen molar-refractivity contribution in [2.45, 2.75) is 20.4 Å². The van der Waals surface area contributed by atoms with Crippen molar-refractivity contribution in [3.05, 3.63) is 46.0 Å². The van der Waals surface area contributed by atoms with Gasteiger partial charge in [0.25, 0.3) is 0 Å². The van der Waals surface area contributed by atoms with E-state index in [1.54, 1.807) is 16.8 Å². The summed E-state index contributed by atoms with van der Waals surface area (Å²) in [5.41, 5.74) is 8.03. The molecule has 1 aromatic heterocycles. The standard InChI is InChI=1S/C12H13ClFN3/c1-7-12(13)8(2)17(16-7)6-9-3-4-11(15)10(14)5-9/h3-5H,6,15H2,1-2H3. The Hall–Kier alpha value is -1.55.